The fourth-order valence-corrected chi connectivity index (χ4v) is 1.19. The van der Waals surface area contributed by atoms with Gasteiger partial charge in [0.05, 0.1) is 17.5 Å². The van der Waals surface area contributed by atoms with E-state index in [9.17, 15) is 13.2 Å². The third-order valence-corrected chi connectivity index (χ3v) is 2.74. The lowest BCUT2D eigenvalue weighted by Gasteiger charge is -2.26. The maximum Gasteiger partial charge on any atom is 0.418 e. The predicted molar refractivity (Wildman–Crippen MR) is 54.9 cm³/mol. The molecule has 2 nitrogen and oxygen atoms in total. The molecule has 1 aromatic heterocycles. The van der Waals surface area contributed by atoms with Gasteiger partial charge < -0.3 is 0 Å². The lowest BCUT2D eigenvalue weighted by molar-refractivity contribution is -0.138. The second-order valence-corrected chi connectivity index (χ2v) is 4.95. The minimum absolute atomic E-state index is 0.0812. The molecule has 0 aromatic carbocycles. The van der Waals surface area contributed by atoms with Gasteiger partial charge >= 0.3 is 6.18 Å². The maximum atomic E-state index is 12.5. The van der Waals surface area contributed by atoms with Crippen LogP contribution in [0.5, 0.6) is 0 Å². The van der Waals surface area contributed by atoms with E-state index in [-0.39, 0.29) is 11.3 Å². The van der Waals surface area contributed by atoms with Crippen LogP contribution in [0.2, 0.25) is 0 Å². The number of hydrogen-bond acceptors (Lipinski definition) is 2. The average Bonchev–Trinajstić information content (AvgIpc) is 2.14. The molecule has 0 bridgehead atoms. The zero-order valence-electron chi connectivity index (χ0n) is 9.76. The van der Waals surface area contributed by atoms with Crippen LogP contribution in [0.4, 0.5) is 13.2 Å². The number of halogens is 3. The van der Waals surface area contributed by atoms with Gasteiger partial charge in [0, 0.05) is 5.92 Å². The van der Waals surface area contributed by atoms with Gasteiger partial charge in [0.15, 0.2) is 0 Å². The Kier molecular flexibility index (Phi) is 3.26. The molecule has 1 atom stereocenters. The van der Waals surface area contributed by atoms with Crippen molar-refractivity contribution in [3.05, 3.63) is 23.5 Å². The van der Waals surface area contributed by atoms with Crippen molar-refractivity contribution in [2.24, 2.45) is 5.41 Å². The number of aromatic nitrogens is 2. The molecule has 0 aliphatic rings. The molecule has 1 heterocycles. The highest BCUT2D eigenvalue weighted by atomic mass is 19.4. The Morgan fingerprint density at radius 3 is 2.19 bits per heavy atom. The first-order valence-electron chi connectivity index (χ1n) is 5.02. The summed E-state index contributed by atoms with van der Waals surface area (Å²) in [6.07, 6.45) is -3.61. The fourth-order valence-electron chi connectivity index (χ4n) is 1.19. The van der Waals surface area contributed by atoms with Crippen LogP contribution in [0.25, 0.3) is 0 Å². The van der Waals surface area contributed by atoms with Gasteiger partial charge in [-0.2, -0.15) is 23.4 Å². The predicted octanol–water partition coefficient (Wildman–Crippen LogP) is 3.65. The molecule has 0 amide bonds. The minimum Gasteiger partial charge on any atom is -0.166 e. The van der Waals surface area contributed by atoms with Crippen molar-refractivity contribution in [2.75, 3.05) is 0 Å². The van der Waals surface area contributed by atoms with Gasteiger partial charge in [-0.25, -0.2) is 0 Å². The number of rotatable bonds is 1. The third-order valence-electron chi connectivity index (χ3n) is 2.74. The molecule has 1 aromatic rings. The van der Waals surface area contributed by atoms with E-state index in [0.29, 0.717) is 5.69 Å². The summed E-state index contributed by atoms with van der Waals surface area (Å²) in [5.74, 6) is -0.0812. The summed E-state index contributed by atoms with van der Waals surface area (Å²) in [5, 5.41) is 7.18. The zero-order valence-corrected chi connectivity index (χ0v) is 9.76. The molecule has 0 fully saturated rings. The molecule has 0 radical (unpaired) electrons. The van der Waals surface area contributed by atoms with E-state index in [1.807, 2.05) is 27.7 Å². The molecular formula is C11H15F3N2. The SMILES string of the molecule is CC(c1cc(C(F)(F)F)cnn1)C(C)(C)C. The number of hydrogen-bond donors (Lipinski definition) is 0. The molecule has 0 saturated heterocycles. The Labute approximate surface area is 92.9 Å². The van der Waals surface area contributed by atoms with Gasteiger partial charge in [-0.15, -0.1) is 0 Å². The summed E-state index contributed by atoms with van der Waals surface area (Å²) in [4.78, 5) is 0. The molecule has 5 heteroatoms. The van der Waals surface area contributed by atoms with Gasteiger partial charge in [-0.05, 0) is 11.5 Å². The largest absolute Gasteiger partial charge is 0.418 e. The topological polar surface area (TPSA) is 25.8 Å². The number of nitrogens with zero attached hydrogens (tertiary/aromatic N) is 2. The molecule has 90 valence electrons. The van der Waals surface area contributed by atoms with E-state index >= 15 is 0 Å². The zero-order chi connectivity index (χ0) is 12.6. The van der Waals surface area contributed by atoms with Gasteiger partial charge in [0.25, 0.3) is 0 Å². The summed E-state index contributed by atoms with van der Waals surface area (Å²) < 4.78 is 37.4. The Morgan fingerprint density at radius 1 is 1.19 bits per heavy atom. The lowest BCUT2D eigenvalue weighted by atomic mass is 9.80. The van der Waals surface area contributed by atoms with Crippen LogP contribution in [0.15, 0.2) is 12.3 Å². The maximum absolute atomic E-state index is 12.5. The van der Waals surface area contributed by atoms with Crippen LogP contribution in [0.1, 0.15) is 44.9 Å². The van der Waals surface area contributed by atoms with E-state index in [0.717, 1.165) is 12.3 Å². The first-order valence-corrected chi connectivity index (χ1v) is 5.02. The van der Waals surface area contributed by atoms with Crippen LogP contribution in [0, 0.1) is 5.41 Å². The Balaban J connectivity index is 3.09. The first-order chi connectivity index (χ1) is 7.12. The number of alkyl halides is 3. The van der Waals surface area contributed by atoms with Crippen molar-refractivity contribution in [3.8, 4) is 0 Å². The van der Waals surface area contributed by atoms with Gasteiger partial charge in [-0.3, -0.25) is 0 Å². The normalized spacial score (nSPS) is 14.9. The van der Waals surface area contributed by atoms with Crippen LogP contribution >= 0.6 is 0 Å². The van der Waals surface area contributed by atoms with E-state index in [1.54, 1.807) is 0 Å². The van der Waals surface area contributed by atoms with Crippen LogP contribution in [-0.4, -0.2) is 10.2 Å². The monoisotopic (exact) mass is 232 g/mol. The van der Waals surface area contributed by atoms with Crippen molar-refractivity contribution in [3.63, 3.8) is 0 Å². The quantitative estimate of drug-likeness (QED) is 0.738. The van der Waals surface area contributed by atoms with E-state index < -0.39 is 11.7 Å². The van der Waals surface area contributed by atoms with Crippen molar-refractivity contribution in [1.29, 1.82) is 0 Å². The van der Waals surface area contributed by atoms with Crippen LogP contribution < -0.4 is 0 Å². The highest BCUT2D eigenvalue weighted by molar-refractivity contribution is 5.19. The summed E-state index contributed by atoms with van der Waals surface area (Å²) >= 11 is 0. The molecule has 0 spiro atoms. The van der Waals surface area contributed by atoms with Crippen molar-refractivity contribution >= 4 is 0 Å². The molecule has 0 aliphatic carbocycles. The summed E-state index contributed by atoms with van der Waals surface area (Å²) in [6, 6.07) is 1.07. The second kappa shape index (κ2) is 4.03. The van der Waals surface area contributed by atoms with Gasteiger partial charge in [0.2, 0.25) is 0 Å². The molecule has 1 rings (SSSR count). The van der Waals surface area contributed by atoms with Crippen molar-refractivity contribution in [1.82, 2.24) is 10.2 Å². The summed E-state index contributed by atoms with van der Waals surface area (Å²) in [6.45, 7) is 7.73. The molecule has 1 unspecified atom stereocenters. The highest BCUT2D eigenvalue weighted by Crippen LogP contribution is 2.35. The standard InChI is InChI=1S/C11H15F3N2/c1-7(10(2,3)4)9-5-8(6-15-16-9)11(12,13)14/h5-7H,1-4H3. The molecule has 0 N–H and O–H groups in total. The summed E-state index contributed by atoms with van der Waals surface area (Å²) in [7, 11) is 0. The van der Waals surface area contributed by atoms with E-state index in [4.69, 9.17) is 0 Å². The Morgan fingerprint density at radius 2 is 1.75 bits per heavy atom. The van der Waals surface area contributed by atoms with Crippen molar-refractivity contribution in [2.45, 2.75) is 39.8 Å². The molecule has 16 heavy (non-hydrogen) atoms. The second-order valence-electron chi connectivity index (χ2n) is 4.95. The minimum atomic E-state index is -4.36. The van der Waals surface area contributed by atoms with Gasteiger partial charge in [0.1, 0.15) is 0 Å². The first kappa shape index (κ1) is 12.9. The fraction of sp³-hybridized carbons (Fsp3) is 0.636. The van der Waals surface area contributed by atoms with E-state index in [2.05, 4.69) is 10.2 Å². The third kappa shape index (κ3) is 2.93. The van der Waals surface area contributed by atoms with Gasteiger partial charge in [-0.1, -0.05) is 27.7 Å². The molecule has 0 aliphatic heterocycles. The van der Waals surface area contributed by atoms with Crippen LogP contribution in [0.3, 0.4) is 0 Å². The highest BCUT2D eigenvalue weighted by Gasteiger charge is 2.33. The van der Waals surface area contributed by atoms with Crippen molar-refractivity contribution < 1.29 is 13.2 Å². The Bertz CT molecular complexity index is 366. The lowest BCUT2D eigenvalue weighted by Crippen LogP contribution is -2.18. The smallest absolute Gasteiger partial charge is 0.166 e. The Hall–Kier alpha value is -1.13. The average molecular weight is 232 g/mol. The molecular weight excluding hydrogens is 217 g/mol. The summed E-state index contributed by atoms with van der Waals surface area (Å²) in [5.41, 5.74) is -0.505. The van der Waals surface area contributed by atoms with E-state index in [1.165, 1.54) is 0 Å². The van der Waals surface area contributed by atoms with Crippen LogP contribution in [-0.2, 0) is 6.18 Å². The molecule has 0 saturated carbocycles.